The number of hydrogen-bond donors (Lipinski definition) is 2. The van der Waals surface area contributed by atoms with Crippen LogP contribution in [-0.2, 0) is 23.5 Å². The van der Waals surface area contributed by atoms with E-state index >= 15 is 0 Å². The molecular weight excluding hydrogens is 264 g/mol. The molecule has 0 saturated heterocycles. The van der Waals surface area contributed by atoms with Gasteiger partial charge in [-0.2, -0.15) is 5.10 Å². The van der Waals surface area contributed by atoms with Gasteiger partial charge < -0.3 is 5.32 Å². The van der Waals surface area contributed by atoms with Gasteiger partial charge in [-0.15, -0.1) is 0 Å². The second-order valence-electron chi connectivity index (χ2n) is 4.99. The number of nitrogens with zero attached hydrogens (tertiary/aromatic N) is 2. The molecule has 1 heterocycles. The molecule has 19 heavy (non-hydrogen) atoms. The number of aryl methyl sites for hydroxylation is 1. The summed E-state index contributed by atoms with van der Waals surface area (Å²) in [4.78, 5) is 0. The van der Waals surface area contributed by atoms with E-state index in [0.717, 1.165) is 12.2 Å². The Bertz CT molecular complexity index is 494. The highest BCUT2D eigenvalue weighted by Crippen LogP contribution is 2.18. The van der Waals surface area contributed by atoms with Gasteiger partial charge in [0.05, 0.1) is 5.75 Å². The zero-order valence-electron chi connectivity index (χ0n) is 11.3. The Hall–Kier alpha value is -0.920. The quantitative estimate of drug-likeness (QED) is 0.628. The Morgan fingerprint density at radius 2 is 2.21 bits per heavy atom. The molecular formula is C12H22N4O2S. The van der Waals surface area contributed by atoms with Crippen LogP contribution < -0.4 is 10.0 Å². The van der Waals surface area contributed by atoms with Gasteiger partial charge in [-0.05, 0) is 31.9 Å². The highest BCUT2D eigenvalue weighted by Gasteiger charge is 2.20. The molecule has 0 atom stereocenters. The molecule has 0 spiro atoms. The molecule has 1 fully saturated rings. The summed E-state index contributed by atoms with van der Waals surface area (Å²) >= 11 is 0. The van der Waals surface area contributed by atoms with Crippen LogP contribution in [0.4, 0.5) is 0 Å². The fourth-order valence-electron chi connectivity index (χ4n) is 1.91. The lowest BCUT2D eigenvalue weighted by Crippen LogP contribution is -2.30. The van der Waals surface area contributed by atoms with E-state index in [1.165, 1.54) is 12.8 Å². The van der Waals surface area contributed by atoms with Crippen LogP contribution in [0.5, 0.6) is 0 Å². The van der Waals surface area contributed by atoms with Crippen molar-refractivity contribution in [1.29, 1.82) is 0 Å². The molecule has 2 rings (SSSR count). The van der Waals surface area contributed by atoms with Gasteiger partial charge in [-0.1, -0.05) is 0 Å². The third-order valence-electron chi connectivity index (χ3n) is 3.23. The van der Waals surface area contributed by atoms with Crippen molar-refractivity contribution in [2.24, 2.45) is 7.05 Å². The first kappa shape index (κ1) is 14.5. The molecule has 0 radical (unpaired) electrons. The average molecular weight is 286 g/mol. The van der Waals surface area contributed by atoms with E-state index in [4.69, 9.17) is 0 Å². The number of nitrogens with one attached hydrogen (secondary N) is 2. The SMILES string of the molecule is Cn1nccc1CCNS(=O)(=O)CCCNC1CC1. The molecule has 6 nitrogen and oxygen atoms in total. The van der Waals surface area contributed by atoms with Gasteiger partial charge in [0.2, 0.25) is 10.0 Å². The maximum Gasteiger partial charge on any atom is 0.211 e. The normalized spacial score (nSPS) is 15.8. The van der Waals surface area contributed by atoms with Gasteiger partial charge in [0.25, 0.3) is 0 Å². The van der Waals surface area contributed by atoms with E-state index in [0.29, 0.717) is 25.4 Å². The zero-order valence-corrected chi connectivity index (χ0v) is 12.1. The predicted octanol–water partition coefficient (Wildman–Crippen LogP) is 0.0241. The number of rotatable bonds is 9. The van der Waals surface area contributed by atoms with Gasteiger partial charge in [-0.25, -0.2) is 13.1 Å². The number of hydrogen-bond acceptors (Lipinski definition) is 4. The van der Waals surface area contributed by atoms with Gasteiger partial charge >= 0.3 is 0 Å². The van der Waals surface area contributed by atoms with Crippen LogP contribution in [0.3, 0.4) is 0 Å². The van der Waals surface area contributed by atoms with E-state index in [1.54, 1.807) is 10.9 Å². The lowest BCUT2D eigenvalue weighted by atomic mass is 10.3. The van der Waals surface area contributed by atoms with Crippen LogP contribution >= 0.6 is 0 Å². The summed E-state index contributed by atoms with van der Waals surface area (Å²) in [7, 11) is -1.29. The maximum atomic E-state index is 11.7. The molecule has 0 aliphatic heterocycles. The van der Waals surface area contributed by atoms with E-state index in [-0.39, 0.29) is 5.75 Å². The fourth-order valence-corrected chi connectivity index (χ4v) is 2.99. The van der Waals surface area contributed by atoms with Crippen molar-refractivity contribution in [3.05, 3.63) is 18.0 Å². The summed E-state index contributed by atoms with van der Waals surface area (Å²) in [6.45, 7) is 1.21. The second-order valence-corrected chi connectivity index (χ2v) is 6.92. The lowest BCUT2D eigenvalue weighted by Gasteiger charge is -2.07. The van der Waals surface area contributed by atoms with Crippen molar-refractivity contribution in [2.75, 3.05) is 18.8 Å². The summed E-state index contributed by atoms with van der Waals surface area (Å²) in [6, 6.07) is 2.54. The molecule has 1 saturated carbocycles. The van der Waals surface area contributed by atoms with Gasteiger partial charge in [0.15, 0.2) is 0 Å². The Balaban J connectivity index is 1.61. The largest absolute Gasteiger partial charge is 0.314 e. The van der Waals surface area contributed by atoms with E-state index in [1.807, 2.05) is 13.1 Å². The Morgan fingerprint density at radius 3 is 2.84 bits per heavy atom. The number of sulfonamides is 1. The molecule has 1 aliphatic carbocycles. The van der Waals surface area contributed by atoms with Crippen LogP contribution in [0.1, 0.15) is 25.0 Å². The molecule has 0 aromatic carbocycles. The standard InChI is InChI=1S/C12H22N4O2S/c1-16-12(5-8-14-16)6-9-15-19(17,18)10-2-7-13-11-3-4-11/h5,8,11,13,15H,2-4,6-7,9-10H2,1H3. The summed E-state index contributed by atoms with van der Waals surface area (Å²) in [5, 5.41) is 7.36. The predicted molar refractivity (Wildman–Crippen MR) is 74.3 cm³/mol. The van der Waals surface area contributed by atoms with Gasteiger partial charge in [0.1, 0.15) is 0 Å². The van der Waals surface area contributed by atoms with Crippen LogP contribution in [0, 0.1) is 0 Å². The minimum absolute atomic E-state index is 0.193. The minimum atomic E-state index is -3.14. The van der Waals surface area contributed by atoms with E-state index < -0.39 is 10.0 Å². The molecule has 0 amide bonds. The number of aromatic nitrogens is 2. The first-order valence-electron chi connectivity index (χ1n) is 6.74. The van der Waals surface area contributed by atoms with Crippen LogP contribution in [0.15, 0.2) is 12.3 Å². The summed E-state index contributed by atoms with van der Waals surface area (Å²) in [5.41, 5.74) is 1.03. The Kier molecular flexibility index (Phi) is 4.95. The summed E-state index contributed by atoms with van der Waals surface area (Å²) in [5.74, 6) is 0.193. The lowest BCUT2D eigenvalue weighted by molar-refractivity contribution is 0.573. The third kappa shape index (κ3) is 5.30. The van der Waals surface area contributed by atoms with Crippen molar-refractivity contribution in [1.82, 2.24) is 19.8 Å². The van der Waals surface area contributed by atoms with Crippen molar-refractivity contribution in [3.8, 4) is 0 Å². The van der Waals surface area contributed by atoms with E-state index in [2.05, 4.69) is 15.1 Å². The highest BCUT2D eigenvalue weighted by atomic mass is 32.2. The maximum absolute atomic E-state index is 11.7. The van der Waals surface area contributed by atoms with Crippen molar-refractivity contribution < 1.29 is 8.42 Å². The van der Waals surface area contributed by atoms with Crippen molar-refractivity contribution >= 4 is 10.0 Å². The smallest absolute Gasteiger partial charge is 0.211 e. The van der Waals surface area contributed by atoms with E-state index in [9.17, 15) is 8.42 Å². The first-order chi connectivity index (χ1) is 9.07. The molecule has 0 bridgehead atoms. The molecule has 0 unspecified atom stereocenters. The zero-order chi connectivity index (χ0) is 13.7. The minimum Gasteiger partial charge on any atom is -0.314 e. The monoisotopic (exact) mass is 286 g/mol. The Morgan fingerprint density at radius 1 is 1.42 bits per heavy atom. The second kappa shape index (κ2) is 6.49. The average Bonchev–Trinajstić information content (AvgIpc) is 3.09. The fraction of sp³-hybridized carbons (Fsp3) is 0.750. The third-order valence-corrected chi connectivity index (χ3v) is 4.70. The molecule has 1 aliphatic rings. The molecule has 108 valence electrons. The molecule has 2 N–H and O–H groups in total. The topological polar surface area (TPSA) is 76.0 Å². The summed E-state index contributed by atoms with van der Waals surface area (Å²) in [6.07, 6.45) is 5.51. The molecule has 1 aromatic rings. The van der Waals surface area contributed by atoms with Crippen molar-refractivity contribution in [2.45, 2.75) is 31.7 Å². The molecule has 1 aromatic heterocycles. The van der Waals surface area contributed by atoms with Gasteiger partial charge in [0, 0.05) is 37.9 Å². The van der Waals surface area contributed by atoms with Crippen LogP contribution in [0.25, 0.3) is 0 Å². The Labute approximate surface area is 114 Å². The molecule has 7 heteroatoms. The highest BCUT2D eigenvalue weighted by molar-refractivity contribution is 7.89. The van der Waals surface area contributed by atoms with Gasteiger partial charge in [-0.3, -0.25) is 4.68 Å². The summed E-state index contributed by atoms with van der Waals surface area (Å²) < 4.78 is 27.9. The van der Waals surface area contributed by atoms with Crippen molar-refractivity contribution in [3.63, 3.8) is 0 Å². The van der Waals surface area contributed by atoms with Crippen LogP contribution in [0.2, 0.25) is 0 Å². The first-order valence-corrected chi connectivity index (χ1v) is 8.40. The van der Waals surface area contributed by atoms with Crippen LogP contribution in [-0.4, -0.2) is 43.1 Å².